The number of aryl methyl sites for hydroxylation is 2. The van der Waals surface area contributed by atoms with Crippen LogP contribution in [0.15, 0.2) is 24.4 Å². The third kappa shape index (κ3) is 1.99. The Labute approximate surface area is 113 Å². The summed E-state index contributed by atoms with van der Waals surface area (Å²) in [5, 5.41) is 4.44. The predicted octanol–water partition coefficient (Wildman–Crippen LogP) is 3.40. The highest BCUT2D eigenvalue weighted by Crippen LogP contribution is 2.29. The number of hydrogen-bond acceptors (Lipinski definition) is 2. The lowest BCUT2D eigenvalue weighted by Gasteiger charge is -2.05. The van der Waals surface area contributed by atoms with E-state index < -0.39 is 0 Å². The second kappa shape index (κ2) is 4.65. The van der Waals surface area contributed by atoms with Crippen LogP contribution in [0.4, 0.5) is 0 Å². The molecule has 1 aliphatic rings. The normalized spacial score (nSPS) is 13.9. The van der Waals surface area contributed by atoms with E-state index in [2.05, 4.69) is 25.0 Å². The summed E-state index contributed by atoms with van der Waals surface area (Å²) >= 11 is 0. The highest BCUT2D eigenvalue weighted by Gasteiger charge is 2.20. The molecule has 0 saturated carbocycles. The molecule has 98 valence electrons. The molecule has 1 heterocycles. The van der Waals surface area contributed by atoms with Crippen LogP contribution >= 0.6 is 0 Å². The second-order valence-corrected chi connectivity index (χ2v) is 5.16. The molecule has 0 amide bonds. The molecule has 0 radical (unpaired) electrons. The first kappa shape index (κ1) is 12.2. The van der Waals surface area contributed by atoms with Crippen LogP contribution in [0.25, 0.3) is 11.1 Å². The number of benzene rings is 1. The molecule has 1 aliphatic carbocycles. The first-order valence-electron chi connectivity index (χ1n) is 6.89. The van der Waals surface area contributed by atoms with Crippen LogP contribution in [0.1, 0.15) is 41.4 Å². The lowest BCUT2D eigenvalue weighted by molar-refractivity contribution is 0.0994. The monoisotopic (exact) mass is 254 g/mol. The molecule has 0 unspecified atom stereocenters. The molecule has 0 atom stereocenters. The zero-order valence-electron chi connectivity index (χ0n) is 11.4. The number of carbonyl (C=O) groups excluding carboxylic acids is 1. The van der Waals surface area contributed by atoms with Gasteiger partial charge in [-0.25, -0.2) is 0 Å². The van der Waals surface area contributed by atoms with Gasteiger partial charge < -0.3 is 0 Å². The minimum atomic E-state index is 0.278. The van der Waals surface area contributed by atoms with Gasteiger partial charge in [0.15, 0.2) is 5.78 Å². The van der Waals surface area contributed by atoms with Gasteiger partial charge in [0, 0.05) is 29.8 Å². The largest absolute Gasteiger partial charge is 0.294 e. The topological polar surface area (TPSA) is 34.9 Å². The first-order valence-corrected chi connectivity index (χ1v) is 6.89. The van der Waals surface area contributed by atoms with Crippen LogP contribution in [-0.2, 0) is 13.0 Å². The van der Waals surface area contributed by atoms with Gasteiger partial charge in [-0.2, -0.15) is 5.10 Å². The Morgan fingerprint density at radius 1 is 1.26 bits per heavy atom. The summed E-state index contributed by atoms with van der Waals surface area (Å²) < 4.78 is 2.05. The van der Waals surface area contributed by atoms with Gasteiger partial charge in [0.25, 0.3) is 0 Å². The number of rotatable bonds is 3. The molecule has 3 rings (SSSR count). The minimum absolute atomic E-state index is 0.278. The number of ketones is 1. The van der Waals surface area contributed by atoms with Crippen LogP contribution in [-0.4, -0.2) is 15.6 Å². The Balaban J connectivity index is 2.01. The van der Waals surface area contributed by atoms with Crippen molar-refractivity contribution < 1.29 is 4.79 Å². The van der Waals surface area contributed by atoms with E-state index in [9.17, 15) is 4.79 Å². The first-order chi connectivity index (χ1) is 9.20. The maximum atomic E-state index is 11.7. The zero-order chi connectivity index (χ0) is 13.4. The van der Waals surface area contributed by atoms with Crippen LogP contribution in [0, 0.1) is 6.92 Å². The van der Waals surface area contributed by atoms with Crippen LogP contribution in [0.2, 0.25) is 0 Å². The molecule has 0 aliphatic heterocycles. The molecule has 19 heavy (non-hydrogen) atoms. The molecular weight excluding hydrogens is 236 g/mol. The number of fused-ring (bicyclic) bond motifs is 1. The van der Waals surface area contributed by atoms with Crippen molar-refractivity contribution in [2.45, 2.75) is 39.7 Å². The number of aromatic nitrogens is 2. The standard InChI is InChI=1S/C16H18N2O/c1-3-8-18-11(2)15(10-17-18)13-4-6-14-12(9-13)5-7-16(14)19/h4,6,9-10H,3,5,7-8H2,1-2H3. The fraction of sp³-hybridized carbons (Fsp3) is 0.375. The Kier molecular flexibility index (Phi) is 2.97. The van der Waals surface area contributed by atoms with E-state index in [4.69, 9.17) is 0 Å². The minimum Gasteiger partial charge on any atom is -0.294 e. The number of Topliss-reactive ketones (excluding diaryl/α,β-unsaturated/α-hetero) is 1. The number of carbonyl (C=O) groups is 1. The van der Waals surface area contributed by atoms with E-state index in [1.165, 1.54) is 22.4 Å². The van der Waals surface area contributed by atoms with E-state index >= 15 is 0 Å². The molecule has 0 bridgehead atoms. The maximum Gasteiger partial charge on any atom is 0.163 e. The van der Waals surface area contributed by atoms with Gasteiger partial charge in [-0.05, 0) is 30.9 Å². The summed E-state index contributed by atoms with van der Waals surface area (Å²) in [7, 11) is 0. The average molecular weight is 254 g/mol. The van der Waals surface area contributed by atoms with Crippen LogP contribution < -0.4 is 0 Å². The summed E-state index contributed by atoms with van der Waals surface area (Å²) in [5.74, 6) is 0.278. The number of nitrogens with zero attached hydrogens (tertiary/aromatic N) is 2. The Morgan fingerprint density at radius 2 is 2.11 bits per heavy atom. The maximum absolute atomic E-state index is 11.7. The summed E-state index contributed by atoms with van der Waals surface area (Å²) in [6.07, 6.45) is 4.56. The molecule has 2 aromatic rings. The fourth-order valence-corrected chi connectivity index (χ4v) is 2.79. The van der Waals surface area contributed by atoms with E-state index in [1.807, 2.05) is 23.0 Å². The van der Waals surface area contributed by atoms with Crippen molar-refractivity contribution in [2.75, 3.05) is 0 Å². The van der Waals surface area contributed by atoms with Gasteiger partial charge in [0.1, 0.15) is 0 Å². The SMILES string of the molecule is CCCn1ncc(-c2ccc3c(c2)CCC3=O)c1C. The van der Waals surface area contributed by atoms with E-state index in [0.717, 1.165) is 24.9 Å². The van der Waals surface area contributed by atoms with Gasteiger partial charge in [0.05, 0.1) is 6.20 Å². The molecule has 0 N–H and O–H groups in total. The van der Waals surface area contributed by atoms with E-state index in [0.29, 0.717) is 6.42 Å². The number of hydrogen-bond donors (Lipinski definition) is 0. The van der Waals surface area contributed by atoms with Gasteiger partial charge in [-0.15, -0.1) is 0 Å². The molecule has 1 aromatic heterocycles. The molecule has 3 nitrogen and oxygen atoms in total. The zero-order valence-corrected chi connectivity index (χ0v) is 11.4. The lowest BCUT2D eigenvalue weighted by atomic mass is 10.0. The third-order valence-corrected chi connectivity index (χ3v) is 3.88. The molecule has 0 saturated heterocycles. The Bertz CT molecular complexity index is 640. The highest BCUT2D eigenvalue weighted by molar-refractivity contribution is 6.00. The Hall–Kier alpha value is -1.90. The van der Waals surface area contributed by atoms with Gasteiger partial charge in [-0.3, -0.25) is 9.48 Å². The molecular formula is C16H18N2O. The van der Waals surface area contributed by atoms with E-state index in [-0.39, 0.29) is 5.78 Å². The average Bonchev–Trinajstić information content (AvgIpc) is 2.95. The summed E-state index contributed by atoms with van der Waals surface area (Å²) in [6.45, 7) is 5.22. The van der Waals surface area contributed by atoms with Gasteiger partial charge in [-0.1, -0.05) is 25.1 Å². The predicted molar refractivity (Wildman–Crippen MR) is 75.3 cm³/mol. The molecule has 1 aromatic carbocycles. The van der Waals surface area contributed by atoms with Crippen molar-refractivity contribution in [3.63, 3.8) is 0 Å². The van der Waals surface area contributed by atoms with Crippen molar-refractivity contribution >= 4 is 5.78 Å². The fourth-order valence-electron chi connectivity index (χ4n) is 2.79. The van der Waals surface area contributed by atoms with Crippen molar-refractivity contribution in [3.8, 4) is 11.1 Å². The quantitative estimate of drug-likeness (QED) is 0.841. The summed E-state index contributed by atoms with van der Waals surface area (Å²) in [4.78, 5) is 11.7. The highest BCUT2D eigenvalue weighted by atomic mass is 16.1. The molecule has 0 fully saturated rings. The van der Waals surface area contributed by atoms with E-state index in [1.54, 1.807) is 0 Å². The van der Waals surface area contributed by atoms with Gasteiger partial charge >= 0.3 is 0 Å². The van der Waals surface area contributed by atoms with Crippen LogP contribution in [0.5, 0.6) is 0 Å². The van der Waals surface area contributed by atoms with Crippen molar-refractivity contribution in [1.29, 1.82) is 0 Å². The van der Waals surface area contributed by atoms with Crippen molar-refractivity contribution in [1.82, 2.24) is 9.78 Å². The van der Waals surface area contributed by atoms with Crippen molar-refractivity contribution in [3.05, 3.63) is 41.2 Å². The third-order valence-electron chi connectivity index (χ3n) is 3.88. The summed E-state index contributed by atoms with van der Waals surface area (Å²) in [6, 6.07) is 6.17. The van der Waals surface area contributed by atoms with Gasteiger partial charge in [0.2, 0.25) is 0 Å². The van der Waals surface area contributed by atoms with Crippen LogP contribution in [0.3, 0.4) is 0 Å². The second-order valence-electron chi connectivity index (χ2n) is 5.16. The summed E-state index contributed by atoms with van der Waals surface area (Å²) in [5.41, 5.74) is 5.64. The molecule has 3 heteroatoms. The lowest BCUT2D eigenvalue weighted by Crippen LogP contribution is -2.01. The van der Waals surface area contributed by atoms with Crippen molar-refractivity contribution in [2.24, 2.45) is 0 Å². The smallest absolute Gasteiger partial charge is 0.163 e. The Morgan fingerprint density at radius 3 is 2.89 bits per heavy atom. The molecule has 0 spiro atoms.